The molecule has 1 aromatic carbocycles. The smallest absolute Gasteiger partial charge is 0.367 e. The fourth-order valence-corrected chi connectivity index (χ4v) is 7.24. The minimum atomic E-state index is -4.28. The number of benzene rings is 1. The van der Waals surface area contributed by atoms with Crippen molar-refractivity contribution in [2.75, 3.05) is 30.8 Å². The van der Waals surface area contributed by atoms with Gasteiger partial charge in [-0.1, -0.05) is 25.1 Å². The van der Waals surface area contributed by atoms with Gasteiger partial charge in [-0.25, -0.2) is 4.98 Å². The number of carbonyl (C=O) groups is 1. The van der Waals surface area contributed by atoms with Crippen LogP contribution in [0, 0.1) is 24.2 Å². The molecule has 0 bridgehead atoms. The molecule has 1 fully saturated rings. The molecule has 9 nitrogen and oxygen atoms in total. The maximum Gasteiger partial charge on any atom is 0.393 e. The molecule has 0 radical (unpaired) electrons. The minimum absolute atomic E-state index is 0.0567. The van der Waals surface area contributed by atoms with Gasteiger partial charge >= 0.3 is 6.18 Å². The molecule has 1 saturated heterocycles. The van der Waals surface area contributed by atoms with Gasteiger partial charge in [-0.15, -0.1) is 11.3 Å². The Balaban J connectivity index is 1.27. The molecule has 1 unspecified atom stereocenters. The van der Waals surface area contributed by atoms with Gasteiger partial charge in [0.2, 0.25) is 12.4 Å². The number of nitriles is 1. The molecule has 0 spiro atoms. The van der Waals surface area contributed by atoms with Crippen molar-refractivity contribution < 1.29 is 18.0 Å². The van der Waals surface area contributed by atoms with Crippen molar-refractivity contribution in [3.05, 3.63) is 69.9 Å². The number of rotatable bonds is 12. The normalized spacial score (nSPS) is 15.7. The summed E-state index contributed by atoms with van der Waals surface area (Å²) < 4.78 is 41.2. The lowest BCUT2D eigenvalue weighted by molar-refractivity contribution is -0.126. The van der Waals surface area contributed by atoms with Crippen LogP contribution in [0.3, 0.4) is 0 Å². The van der Waals surface area contributed by atoms with Crippen molar-refractivity contribution in [3.8, 4) is 6.07 Å². The first-order valence-electron chi connectivity index (χ1n) is 15.6. The van der Waals surface area contributed by atoms with Gasteiger partial charge in [0.25, 0.3) is 0 Å². The number of allylic oxidation sites excluding steroid dienone is 3. The van der Waals surface area contributed by atoms with Crippen LogP contribution in [0.2, 0.25) is 0 Å². The van der Waals surface area contributed by atoms with Gasteiger partial charge in [-0.3, -0.25) is 9.69 Å². The number of piperidine rings is 1. The van der Waals surface area contributed by atoms with Gasteiger partial charge in [0.05, 0.1) is 11.8 Å². The maximum atomic E-state index is 13.1. The standard InChI is InChI=1S/C34H39F3N8OS/c1-5-6-23(17-40-20-46)21(2)18-45-26(16-38)13-28-22(3)24(7-8-30(28)45)19-44-11-9-25(10-12-44)41-31-29-14-27(15-34(35,36)37)47-32(29)43-33(39-4)42-31/h5-8,13-14,17,20-21,25H,9-12,15,18-19H2,1-4H3,(H,40,46)(H2,39,41,42,43)/b6-5-,23-17+. The lowest BCUT2D eigenvalue weighted by Crippen LogP contribution is -2.39. The highest BCUT2D eigenvalue weighted by molar-refractivity contribution is 7.18. The molecule has 13 heteroatoms. The summed E-state index contributed by atoms with van der Waals surface area (Å²) in [5, 5.41) is 20.7. The number of aromatic nitrogens is 3. The zero-order chi connectivity index (χ0) is 33.7. The molecule has 1 aliphatic heterocycles. The Kier molecular flexibility index (Phi) is 10.5. The molecular weight excluding hydrogens is 625 g/mol. The van der Waals surface area contributed by atoms with Crippen LogP contribution in [0.5, 0.6) is 0 Å². The fraction of sp³-hybridized carbons (Fsp3) is 0.412. The lowest BCUT2D eigenvalue weighted by Gasteiger charge is -2.33. The number of nitrogens with one attached hydrogen (secondary N) is 3. The number of carbonyl (C=O) groups excluding carboxylic acids is 1. The molecule has 1 aliphatic rings. The van der Waals surface area contributed by atoms with E-state index >= 15 is 0 Å². The number of halogens is 3. The highest BCUT2D eigenvalue weighted by Gasteiger charge is 2.29. The number of hydrogen-bond acceptors (Lipinski definition) is 8. The number of nitrogens with zero attached hydrogens (tertiary/aromatic N) is 5. The van der Waals surface area contributed by atoms with Crippen LogP contribution >= 0.6 is 11.3 Å². The molecule has 0 saturated carbocycles. The molecule has 1 atom stereocenters. The van der Waals surface area contributed by atoms with Gasteiger partial charge in [-0.05, 0) is 61.6 Å². The van der Waals surface area contributed by atoms with Crippen molar-refractivity contribution in [1.29, 1.82) is 5.26 Å². The average Bonchev–Trinajstić information content (AvgIpc) is 3.61. The molecule has 0 aliphatic carbocycles. The predicted octanol–water partition coefficient (Wildman–Crippen LogP) is 6.89. The first-order chi connectivity index (χ1) is 22.5. The molecule has 3 aromatic heterocycles. The molecular formula is C34H39F3N8OS. The minimum Gasteiger partial charge on any atom is -0.367 e. The molecule has 4 heterocycles. The van der Waals surface area contributed by atoms with E-state index in [1.165, 1.54) is 5.56 Å². The van der Waals surface area contributed by atoms with Gasteiger partial charge in [0.1, 0.15) is 22.4 Å². The largest absolute Gasteiger partial charge is 0.393 e. The van der Waals surface area contributed by atoms with Crippen LogP contribution in [0.4, 0.5) is 24.9 Å². The van der Waals surface area contributed by atoms with E-state index in [-0.39, 0.29) is 16.8 Å². The Labute approximate surface area is 276 Å². The third-order valence-electron chi connectivity index (χ3n) is 8.65. The lowest BCUT2D eigenvalue weighted by atomic mass is 10.00. The number of aryl methyl sites for hydroxylation is 1. The first kappa shape index (κ1) is 33.9. The van der Waals surface area contributed by atoms with E-state index in [4.69, 9.17) is 0 Å². The molecule has 248 valence electrons. The highest BCUT2D eigenvalue weighted by atomic mass is 32.1. The number of fused-ring (bicyclic) bond motifs is 2. The van der Waals surface area contributed by atoms with Crippen molar-refractivity contribution in [1.82, 2.24) is 24.8 Å². The summed E-state index contributed by atoms with van der Waals surface area (Å²) >= 11 is 1.05. The number of alkyl halides is 3. The number of anilines is 2. The van der Waals surface area contributed by atoms with Crippen LogP contribution in [0.15, 0.2) is 48.2 Å². The van der Waals surface area contributed by atoms with Crippen LogP contribution in [0.25, 0.3) is 21.1 Å². The van der Waals surface area contributed by atoms with Gasteiger partial charge in [0, 0.05) is 67.2 Å². The summed E-state index contributed by atoms with van der Waals surface area (Å²) in [5.74, 6) is 0.988. The number of likely N-dealkylation sites (tertiary alicyclic amines) is 1. The first-order valence-corrected chi connectivity index (χ1v) is 16.4. The van der Waals surface area contributed by atoms with Crippen molar-refractivity contribution in [2.45, 2.75) is 65.3 Å². The second-order valence-electron chi connectivity index (χ2n) is 11.9. The van der Waals surface area contributed by atoms with E-state index in [9.17, 15) is 23.2 Å². The number of hydrogen-bond donors (Lipinski definition) is 3. The quantitative estimate of drug-likeness (QED) is 0.112. The Morgan fingerprint density at radius 3 is 2.64 bits per heavy atom. The van der Waals surface area contributed by atoms with Crippen molar-refractivity contribution in [2.24, 2.45) is 5.92 Å². The summed E-state index contributed by atoms with van der Waals surface area (Å²) in [6.45, 7) is 9.17. The molecule has 47 heavy (non-hydrogen) atoms. The van der Waals surface area contributed by atoms with Gasteiger partial charge in [-0.2, -0.15) is 23.4 Å². The zero-order valence-corrected chi connectivity index (χ0v) is 27.7. The number of amides is 1. The second-order valence-corrected chi connectivity index (χ2v) is 13.0. The van der Waals surface area contributed by atoms with Gasteiger partial charge in [0.15, 0.2) is 0 Å². The summed E-state index contributed by atoms with van der Waals surface area (Å²) in [4.78, 5) is 22.9. The topological polar surface area (TPSA) is 111 Å². The van der Waals surface area contributed by atoms with Crippen molar-refractivity contribution >= 4 is 50.6 Å². The monoisotopic (exact) mass is 664 g/mol. The zero-order valence-electron chi connectivity index (χ0n) is 26.9. The Morgan fingerprint density at radius 2 is 1.98 bits per heavy atom. The highest BCUT2D eigenvalue weighted by Crippen LogP contribution is 2.35. The van der Waals surface area contributed by atoms with Gasteiger partial charge < -0.3 is 20.5 Å². The summed E-state index contributed by atoms with van der Waals surface area (Å²) in [7, 11) is 1.69. The summed E-state index contributed by atoms with van der Waals surface area (Å²) in [6, 6.07) is 10.2. The van der Waals surface area contributed by atoms with Crippen molar-refractivity contribution in [3.63, 3.8) is 0 Å². The van der Waals surface area contributed by atoms with E-state index in [1.807, 2.05) is 25.1 Å². The molecule has 4 aromatic rings. The van der Waals surface area contributed by atoms with Crippen LogP contribution in [-0.2, 0) is 24.3 Å². The van der Waals surface area contributed by atoms with E-state index in [0.717, 1.165) is 65.9 Å². The Bertz CT molecular complexity index is 1840. The van der Waals surface area contributed by atoms with Crippen LogP contribution < -0.4 is 16.0 Å². The molecule has 3 N–H and O–H groups in total. The van der Waals surface area contributed by atoms with E-state index in [2.05, 4.69) is 67.4 Å². The van der Waals surface area contributed by atoms with Crippen LogP contribution in [-0.4, -0.2) is 58.2 Å². The second kappa shape index (κ2) is 14.6. The van der Waals surface area contributed by atoms with E-state index in [1.54, 1.807) is 19.3 Å². The van der Waals surface area contributed by atoms with E-state index in [0.29, 0.717) is 40.6 Å². The SMILES string of the molecule is C/C=C\C(=C/NC=O)C(C)Cn1c(C#N)cc2c(C)c(CN3CCC(Nc4nc(NC)nc5sc(CC(F)(F)F)cc45)CC3)ccc21. The third-order valence-corrected chi connectivity index (χ3v) is 9.68. The average molecular weight is 665 g/mol. The predicted molar refractivity (Wildman–Crippen MR) is 181 cm³/mol. The summed E-state index contributed by atoms with van der Waals surface area (Å²) in [5.41, 5.74) is 4.91. The Morgan fingerprint density at radius 1 is 1.21 bits per heavy atom. The maximum absolute atomic E-state index is 13.1. The van der Waals surface area contributed by atoms with Crippen LogP contribution in [0.1, 0.15) is 48.4 Å². The summed E-state index contributed by atoms with van der Waals surface area (Å²) in [6.07, 6.45) is 2.68. The Hall–Kier alpha value is -4.41. The fourth-order valence-electron chi connectivity index (χ4n) is 6.19. The number of thiophene rings is 1. The molecule has 1 amide bonds. The van der Waals surface area contributed by atoms with E-state index < -0.39 is 12.6 Å². The molecule has 5 rings (SSSR count). The third kappa shape index (κ3) is 7.94.